The lowest BCUT2D eigenvalue weighted by Crippen LogP contribution is -2.28. The minimum atomic E-state index is 0.0469. The van der Waals surface area contributed by atoms with Crippen molar-refractivity contribution in [1.29, 1.82) is 0 Å². The van der Waals surface area contributed by atoms with Gasteiger partial charge in [0, 0.05) is 31.4 Å². The van der Waals surface area contributed by atoms with Crippen molar-refractivity contribution in [3.8, 4) is 0 Å². The van der Waals surface area contributed by atoms with E-state index < -0.39 is 0 Å². The van der Waals surface area contributed by atoms with Crippen LogP contribution in [0.3, 0.4) is 0 Å². The Bertz CT molecular complexity index is 393. The van der Waals surface area contributed by atoms with Gasteiger partial charge in [0.05, 0.1) is 0 Å². The zero-order valence-electron chi connectivity index (χ0n) is 11.1. The molecule has 100 valence electrons. The molecule has 0 bridgehead atoms. The maximum atomic E-state index is 11.9. The molecule has 1 aromatic heterocycles. The SMILES string of the molecule is CC(C)Cn1ccnc1NC(=O)CC1CCCN1. The Kier molecular flexibility index (Phi) is 4.36. The van der Waals surface area contributed by atoms with E-state index in [2.05, 4.69) is 29.5 Å². The van der Waals surface area contributed by atoms with Gasteiger partial charge in [0.15, 0.2) is 0 Å². The van der Waals surface area contributed by atoms with Crippen molar-refractivity contribution in [1.82, 2.24) is 14.9 Å². The van der Waals surface area contributed by atoms with Gasteiger partial charge in [0.2, 0.25) is 11.9 Å². The second kappa shape index (κ2) is 6.00. The summed E-state index contributed by atoms with van der Waals surface area (Å²) >= 11 is 0. The fourth-order valence-electron chi connectivity index (χ4n) is 2.30. The molecule has 1 atom stereocenters. The average molecular weight is 250 g/mol. The molecule has 0 aromatic carbocycles. The smallest absolute Gasteiger partial charge is 0.228 e. The minimum absolute atomic E-state index is 0.0469. The molecule has 0 radical (unpaired) electrons. The molecule has 1 amide bonds. The number of rotatable bonds is 5. The van der Waals surface area contributed by atoms with Crippen LogP contribution in [0.1, 0.15) is 33.1 Å². The summed E-state index contributed by atoms with van der Waals surface area (Å²) < 4.78 is 1.99. The van der Waals surface area contributed by atoms with Gasteiger partial charge < -0.3 is 9.88 Å². The summed E-state index contributed by atoms with van der Waals surface area (Å²) in [5, 5.41) is 6.22. The molecule has 2 N–H and O–H groups in total. The van der Waals surface area contributed by atoms with E-state index in [1.54, 1.807) is 6.20 Å². The molecule has 2 heterocycles. The van der Waals surface area contributed by atoms with Gasteiger partial charge in [-0.25, -0.2) is 4.98 Å². The van der Waals surface area contributed by atoms with Crippen LogP contribution in [-0.2, 0) is 11.3 Å². The highest BCUT2D eigenvalue weighted by molar-refractivity contribution is 5.89. The third kappa shape index (κ3) is 3.57. The molecule has 1 aliphatic rings. The van der Waals surface area contributed by atoms with Crippen LogP contribution in [0, 0.1) is 5.92 Å². The van der Waals surface area contributed by atoms with E-state index >= 15 is 0 Å². The first-order valence-corrected chi connectivity index (χ1v) is 6.69. The van der Waals surface area contributed by atoms with Crippen molar-refractivity contribution in [2.75, 3.05) is 11.9 Å². The standard InChI is InChI=1S/C13H22N4O/c1-10(2)9-17-7-6-15-13(17)16-12(18)8-11-4-3-5-14-11/h6-7,10-11,14H,3-5,8-9H2,1-2H3,(H,15,16,18). The number of hydrogen-bond donors (Lipinski definition) is 2. The van der Waals surface area contributed by atoms with Crippen molar-refractivity contribution in [2.24, 2.45) is 5.92 Å². The highest BCUT2D eigenvalue weighted by Gasteiger charge is 2.18. The topological polar surface area (TPSA) is 59.0 Å². The average Bonchev–Trinajstić information content (AvgIpc) is 2.91. The summed E-state index contributed by atoms with van der Waals surface area (Å²) in [7, 11) is 0. The van der Waals surface area contributed by atoms with Crippen LogP contribution in [0.2, 0.25) is 0 Å². The zero-order valence-corrected chi connectivity index (χ0v) is 11.1. The van der Waals surface area contributed by atoms with Crippen molar-refractivity contribution in [3.05, 3.63) is 12.4 Å². The first kappa shape index (κ1) is 13.1. The second-order valence-electron chi connectivity index (χ2n) is 5.34. The largest absolute Gasteiger partial charge is 0.317 e. The van der Waals surface area contributed by atoms with E-state index in [0.29, 0.717) is 24.3 Å². The Hall–Kier alpha value is -1.36. The lowest BCUT2D eigenvalue weighted by Gasteiger charge is -2.13. The number of carbonyl (C=O) groups is 1. The van der Waals surface area contributed by atoms with Crippen LogP contribution < -0.4 is 10.6 Å². The van der Waals surface area contributed by atoms with Gasteiger partial charge in [-0.3, -0.25) is 10.1 Å². The van der Waals surface area contributed by atoms with Gasteiger partial charge in [-0.1, -0.05) is 13.8 Å². The number of imidazole rings is 1. The third-order valence-corrected chi connectivity index (χ3v) is 3.12. The van der Waals surface area contributed by atoms with Gasteiger partial charge in [-0.15, -0.1) is 0 Å². The molecule has 18 heavy (non-hydrogen) atoms. The van der Waals surface area contributed by atoms with Crippen LogP contribution in [0.5, 0.6) is 0 Å². The second-order valence-corrected chi connectivity index (χ2v) is 5.34. The molecule has 5 heteroatoms. The summed E-state index contributed by atoms with van der Waals surface area (Å²) in [5.74, 6) is 1.24. The summed E-state index contributed by atoms with van der Waals surface area (Å²) in [5.41, 5.74) is 0. The molecule has 0 spiro atoms. The Labute approximate surface area is 108 Å². The Morgan fingerprint density at radius 1 is 1.67 bits per heavy atom. The summed E-state index contributed by atoms with van der Waals surface area (Å²) in [6.07, 6.45) is 6.43. The molecule has 1 fully saturated rings. The molecule has 2 rings (SSSR count). The fraction of sp³-hybridized carbons (Fsp3) is 0.692. The van der Waals surface area contributed by atoms with E-state index in [1.165, 1.54) is 6.42 Å². The Morgan fingerprint density at radius 3 is 3.17 bits per heavy atom. The number of nitrogens with zero attached hydrogens (tertiary/aromatic N) is 2. The van der Waals surface area contributed by atoms with Gasteiger partial charge >= 0.3 is 0 Å². The van der Waals surface area contributed by atoms with Crippen molar-refractivity contribution >= 4 is 11.9 Å². The summed E-state index contributed by atoms with van der Waals surface area (Å²) in [6, 6.07) is 0.332. The third-order valence-electron chi connectivity index (χ3n) is 3.12. The van der Waals surface area contributed by atoms with Gasteiger partial charge in [-0.05, 0) is 25.3 Å². The van der Waals surface area contributed by atoms with Crippen LogP contribution in [0.25, 0.3) is 0 Å². The number of nitrogens with one attached hydrogen (secondary N) is 2. The lowest BCUT2D eigenvalue weighted by atomic mass is 10.1. The molecule has 1 saturated heterocycles. The molecule has 0 saturated carbocycles. The Morgan fingerprint density at radius 2 is 2.50 bits per heavy atom. The van der Waals surface area contributed by atoms with E-state index in [-0.39, 0.29) is 5.91 Å². The molecule has 5 nitrogen and oxygen atoms in total. The first-order valence-electron chi connectivity index (χ1n) is 6.69. The van der Waals surface area contributed by atoms with Crippen molar-refractivity contribution in [2.45, 2.75) is 45.7 Å². The van der Waals surface area contributed by atoms with Gasteiger partial charge in [0.1, 0.15) is 0 Å². The van der Waals surface area contributed by atoms with Crippen LogP contribution in [0.4, 0.5) is 5.95 Å². The number of anilines is 1. The normalized spacial score (nSPS) is 19.4. The van der Waals surface area contributed by atoms with Gasteiger partial charge in [-0.2, -0.15) is 0 Å². The maximum Gasteiger partial charge on any atom is 0.228 e. The zero-order chi connectivity index (χ0) is 13.0. The van der Waals surface area contributed by atoms with E-state index in [0.717, 1.165) is 19.5 Å². The summed E-state index contributed by atoms with van der Waals surface area (Å²) in [4.78, 5) is 16.1. The van der Waals surface area contributed by atoms with E-state index in [4.69, 9.17) is 0 Å². The van der Waals surface area contributed by atoms with Crippen LogP contribution in [0.15, 0.2) is 12.4 Å². The molecule has 1 aliphatic heterocycles. The number of aromatic nitrogens is 2. The highest BCUT2D eigenvalue weighted by atomic mass is 16.1. The van der Waals surface area contributed by atoms with Crippen molar-refractivity contribution < 1.29 is 4.79 Å². The minimum Gasteiger partial charge on any atom is -0.317 e. The van der Waals surface area contributed by atoms with E-state index in [9.17, 15) is 4.79 Å². The number of carbonyl (C=O) groups excluding carboxylic acids is 1. The monoisotopic (exact) mass is 250 g/mol. The number of amides is 1. The fourth-order valence-corrected chi connectivity index (χ4v) is 2.30. The van der Waals surface area contributed by atoms with E-state index in [1.807, 2.05) is 10.8 Å². The molecule has 1 unspecified atom stereocenters. The van der Waals surface area contributed by atoms with Crippen molar-refractivity contribution in [3.63, 3.8) is 0 Å². The lowest BCUT2D eigenvalue weighted by molar-refractivity contribution is -0.116. The predicted octanol–water partition coefficient (Wildman–Crippen LogP) is 1.62. The summed E-state index contributed by atoms with van der Waals surface area (Å²) in [6.45, 7) is 6.19. The molecular weight excluding hydrogens is 228 g/mol. The number of hydrogen-bond acceptors (Lipinski definition) is 3. The maximum absolute atomic E-state index is 11.9. The highest BCUT2D eigenvalue weighted by Crippen LogP contribution is 2.12. The molecular formula is C13H22N4O. The molecule has 0 aliphatic carbocycles. The van der Waals surface area contributed by atoms with Crippen LogP contribution in [-0.4, -0.2) is 28.0 Å². The van der Waals surface area contributed by atoms with Gasteiger partial charge in [0.25, 0.3) is 0 Å². The predicted molar refractivity (Wildman–Crippen MR) is 71.3 cm³/mol. The first-order chi connectivity index (χ1) is 8.65. The molecule has 1 aromatic rings. The Balaban J connectivity index is 1.88. The van der Waals surface area contributed by atoms with Crippen LogP contribution >= 0.6 is 0 Å². The quantitative estimate of drug-likeness (QED) is 0.835.